The van der Waals surface area contributed by atoms with Crippen LogP contribution in [0.25, 0.3) is 0 Å². The fourth-order valence-corrected chi connectivity index (χ4v) is 3.71. The molecule has 1 aliphatic carbocycles. The van der Waals surface area contributed by atoms with Crippen molar-refractivity contribution in [3.05, 3.63) is 0 Å². The summed E-state index contributed by atoms with van der Waals surface area (Å²) in [5.74, 6) is -0.230. The van der Waals surface area contributed by atoms with Crippen LogP contribution in [0.3, 0.4) is 0 Å². The normalized spacial score (nSPS) is 17.7. The number of nitrogens with one attached hydrogen (secondary N) is 1. The van der Waals surface area contributed by atoms with E-state index in [1.54, 1.807) is 13.8 Å². The van der Waals surface area contributed by atoms with Gasteiger partial charge in [-0.15, -0.1) is 0 Å². The van der Waals surface area contributed by atoms with E-state index in [0.717, 1.165) is 25.7 Å². The largest absolute Gasteiger partial charge is 0.353 e. The number of hydrogen-bond acceptors (Lipinski definition) is 4. The van der Waals surface area contributed by atoms with Gasteiger partial charge in [0.2, 0.25) is 5.91 Å². The summed E-state index contributed by atoms with van der Waals surface area (Å²) in [6, 6.07) is 0.225. The van der Waals surface area contributed by atoms with Crippen molar-refractivity contribution >= 4 is 13.5 Å². The SMILES string of the molecule is CCOP(=O)(CC(=O)NC1CCCCC1)OCC. The molecule has 0 bridgehead atoms. The molecule has 0 aromatic rings. The van der Waals surface area contributed by atoms with E-state index in [2.05, 4.69) is 5.32 Å². The number of carbonyl (C=O) groups is 1. The van der Waals surface area contributed by atoms with E-state index in [0.29, 0.717) is 0 Å². The molecular weight excluding hydrogens is 253 g/mol. The highest BCUT2D eigenvalue weighted by molar-refractivity contribution is 7.54. The Morgan fingerprint density at radius 3 is 2.22 bits per heavy atom. The fraction of sp³-hybridized carbons (Fsp3) is 0.917. The molecule has 1 fully saturated rings. The van der Waals surface area contributed by atoms with Crippen molar-refractivity contribution in [2.75, 3.05) is 19.4 Å². The molecule has 0 spiro atoms. The van der Waals surface area contributed by atoms with Crippen LogP contribution in [0.1, 0.15) is 46.0 Å². The van der Waals surface area contributed by atoms with Crippen molar-refractivity contribution in [2.24, 2.45) is 0 Å². The Bertz CT molecular complexity index is 292. The summed E-state index contributed by atoms with van der Waals surface area (Å²) in [4.78, 5) is 11.8. The van der Waals surface area contributed by atoms with Crippen molar-refractivity contribution in [1.82, 2.24) is 5.32 Å². The second-order valence-corrected chi connectivity index (χ2v) is 6.56. The van der Waals surface area contributed by atoms with Crippen LogP contribution in [0.5, 0.6) is 0 Å². The van der Waals surface area contributed by atoms with Gasteiger partial charge in [-0.3, -0.25) is 9.36 Å². The van der Waals surface area contributed by atoms with Crippen molar-refractivity contribution in [2.45, 2.75) is 52.0 Å². The molecule has 0 aromatic heterocycles. The Hall–Kier alpha value is -0.380. The quantitative estimate of drug-likeness (QED) is 0.727. The number of hydrogen-bond donors (Lipinski definition) is 1. The average Bonchev–Trinajstić information content (AvgIpc) is 2.30. The Kier molecular flexibility index (Phi) is 6.90. The second-order valence-electron chi connectivity index (χ2n) is 4.51. The van der Waals surface area contributed by atoms with Crippen LogP contribution in [-0.4, -0.2) is 31.3 Å². The summed E-state index contributed by atoms with van der Waals surface area (Å²) in [5.41, 5.74) is 0. The van der Waals surface area contributed by atoms with Crippen molar-refractivity contribution < 1.29 is 18.4 Å². The predicted octanol–water partition coefficient (Wildman–Crippen LogP) is 2.70. The predicted molar refractivity (Wildman–Crippen MR) is 70.7 cm³/mol. The molecule has 106 valence electrons. The van der Waals surface area contributed by atoms with Gasteiger partial charge in [0.25, 0.3) is 0 Å². The van der Waals surface area contributed by atoms with E-state index in [1.807, 2.05) is 0 Å². The minimum Gasteiger partial charge on any atom is -0.353 e. The van der Waals surface area contributed by atoms with Gasteiger partial charge in [0, 0.05) is 6.04 Å². The summed E-state index contributed by atoms with van der Waals surface area (Å²) in [7, 11) is -3.26. The molecule has 0 atom stereocenters. The summed E-state index contributed by atoms with van der Waals surface area (Å²) >= 11 is 0. The number of rotatable bonds is 7. The first-order valence-electron chi connectivity index (χ1n) is 6.77. The van der Waals surface area contributed by atoms with Gasteiger partial charge in [-0.25, -0.2) is 0 Å². The zero-order valence-corrected chi connectivity index (χ0v) is 12.2. The van der Waals surface area contributed by atoms with E-state index in [1.165, 1.54) is 6.42 Å². The molecule has 5 nitrogen and oxygen atoms in total. The van der Waals surface area contributed by atoms with Crippen molar-refractivity contribution in [1.29, 1.82) is 0 Å². The van der Waals surface area contributed by atoms with Gasteiger partial charge in [-0.05, 0) is 26.7 Å². The lowest BCUT2D eigenvalue weighted by Gasteiger charge is -2.24. The summed E-state index contributed by atoms with van der Waals surface area (Å²) < 4.78 is 22.4. The van der Waals surface area contributed by atoms with Gasteiger partial charge in [-0.1, -0.05) is 19.3 Å². The van der Waals surface area contributed by atoms with Crippen LogP contribution in [0.4, 0.5) is 0 Å². The van der Waals surface area contributed by atoms with Crippen LogP contribution in [-0.2, 0) is 18.4 Å². The lowest BCUT2D eigenvalue weighted by Crippen LogP contribution is -2.38. The average molecular weight is 277 g/mol. The molecule has 1 aliphatic rings. The molecular formula is C12H24NO4P. The summed E-state index contributed by atoms with van der Waals surface area (Å²) in [6.45, 7) is 4.05. The first-order chi connectivity index (χ1) is 8.59. The first kappa shape index (κ1) is 15.7. The third-order valence-electron chi connectivity index (χ3n) is 2.96. The van der Waals surface area contributed by atoms with Crippen LogP contribution < -0.4 is 5.32 Å². The zero-order chi connectivity index (χ0) is 13.4. The van der Waals surface area contributed by atoms with Gasteiger partial charge < -0.3 is 14.4 Å². The topological polar surface area (TPSA) is 64.6 Å². The van der Waals surface area contributed by atoms with Gasteiger partial charge in [0.05, 0.1) is 13.2 Å². The van der Waals surface area contributed by atoms with Crippen LogP contribution in [0, 0.1) is 0 Å². The molecule has 0 radical (unpaired) electrons. The summed E-state index contributed by atoms with van der Waals surface area (Å²) in [5, 5.41) is 2.92. The molecule has 1 N–H and O–H groups in total. The van der Waals surface area contributed by atoms with Gasteiger partial charge in [-0.2, -0.15) is 0 Å². The minimum atomic E-state index is -3.26. The maximum absolute atomic E-state index is 12.2. The molecule has 1 saturated carbocycles. The van der Waals surface area contributed by atoms with Crippen LogP contribution in [0.15, 0.2) is 0 Å². The van der Waals surface area contributed by atoms with Crippen LogP contribution in [0.2, 0.25) is 0 Å². The second kappa shape index (κ2) is 7.93. The highest BCUT2D eigenvalue weighted by atomic mass is 31.2. The van der Waals surface area contributed by atoms with Crippen LogP contribution >= 0.6 is 7.60 Å². The van der Waals surface area contributed by atoms with Gasteiger partial charge in [0.15, 0.2) is 0 Å². The third-order valence-corrected chi connectivity index (χ3v) is 4.94. The van der Waals surface area contributed by atoms with E-state index < -0.39 is 7.60 Å². The van der Waals surface area contributed by atoms with E-state index in [4.69, 9.17) is 9.05 Å². The lowest BCUT2D eigenvalue weighted by atomic mass is 9.95. The zero-order valence-electron chi connectivity index (χ0n) is 11.3. The molecule has 0 aliphatic heterocycles. The molecule has 0 aromatic carbocycles. The maximum atomic E-state index is 12.2. The van der Waals surface area contributed by atoms with E-state index >= 15 is 0 Å². The van der Waals surface area contributed by atoms with Gasteiger partial charge in [0.1, 0.15) is 6.16 Å². The third kappa shape index (κ3) is 5.51. The Labute approximate surface area is 109 Å². The summed E-state index contributed by atoms with van der Waals surface area (Å²) in [6.07, 6.45) is 5.39. The van der Waals surface area contributed by atoms with Gasteiger partial charge >= 0.3 is 7.60 Å². The smallest absolute Gasteiger partial charge is 0.340 e. The highest BCUT2D eigenvalue weighted by Gasteiger charge is 2.28. The standard InChI is InChI=1S/C12H24NO4P/c1-3-16-18(15,17-4-2)10-12(14)13-11-8-6-5-7-9-11/h11H,3-10H2,1-2H3,(H,13,14). The highest BCUT2D eigenvalue weighted by Crippen LogP contribution is 2.47. The molecule has 0 heterocycles. The van der Waals surface area contributed by atoms with Crippen molar-refractivity contribution in [3.8, 4) is 0 Å². The molecule has 0 saturated heterocycles. The maximum Gasteiger partial charge on any atom is 0.340 e. The first-order valence-corrected chi connectivity index (χ1v) is 8.50. The molecule has 18 heavy (non-hydrogen) atoms. The molecule has 1 amide bonds. The Morgan fingerprint density at radius 2 is 1.72 bits per heavy atom. The molecule has 6 heteroatoms. The minimum absolute atomic E-state index is 0.175. The lowest BCUT2D eigenvalue weighted by molar-refractivity contribution is -0.119. The monoisotopic (exact) mass is 277 g/mol. The Morgan fingerprint density at radius 1 is 1.17 bits per heavy atom. The number of amides is 1. The van der Waals surface area contributed by atoms with Crippen molar-refractivity contribution in [3.63, 3.8) is 0 Å². The molecule has 0 unspecified atom stereocenters. The molecule has 1 rings (SSSR count). The fourth-order valence-electron chi connectivity index (χ4n) is 2.22. The Balaban J connectivity index is 2.42. The number of carbonyl (C=O) groups excluding carboxylic acids is 1. The van der Waals surface area contributed by atoms with E-state index in [9.17, 15) is 9.36 Å². The van der Waals surface area contributed by atoms with E-state index in [-0.39, 0.29) is 31.3 Å².